The molecule has 0 radical (unpaired) electrons. The predicted molar refractivity (Wildman–Crippen MR) is 61.5 cm³/mol. The second kappa shape index (κ2) is 4.70. The molecule has 0 saturated carbocycles. The van der Waals surface area contributed by atoms with Gasteiger partial charge in [0.2, 0.25) is 0 Å². The number of hydrogen-bond acceptors (Lipinski definition) is 3. The molecule has 1 aromatic rings. The van der Waals surface area contributed by atoms with Crippen LogP contribution in [0.3, 0.4) is 0 Å². The van der Waals surface area contributed by atoms with E-state index in [4.69, 9.17) is 4.42 Å². The molecule has 0 aromatic carbocycles. The number of hydrogen-bond donors (Lipinski definition) is 1. The van der Waals surface area contributed by atoms with Gasteiger partial charge in [-0.25, -0.2) is 0 Å². The lowest BCUT2D eigenvalue weighted by Gasteiger charge is -2.31. The van der Waals surface area contributed by atoms with Gasteiger partial charge in [0, 0.05) is 32.1 Å². The fourth-order valence-corrected chi connectivity index (χ4v) is 2.09. The van der Waals surface area contributed by atoms with E-state index in [-0.39, 0.29) is 5.91 Å². The van der Waals surface area contributed by atoms with Gasteiger partial charge >= 0.3 is 0 Å². The Kier molecular flexibility index (Phi) is 3.29. The van der Waals surface area contributed by atoms with Gasteiger partial charge in [0.1, 0.15) is 5.76 Å². The summed E-state index contributed by atoms with van der Waals surface area (Å²) in [5, 5.41) is 3.32. The van der Waals surface area contributed by atoms with Crippen LogP contribution in [0, 0.1) is 0 Å². The van der Waals surface area contributed by atoms with E-state index in [2.05, 4.69) is 12.2 Å². The Morgan fingerprint density at radius 2 is 2.50 bits per heavy atom. The molecule has 2 rings (SSSR count). The number of aryl methyl sites for hydroxylation is 1. The van der Waals surface area contributed by atoms with E-state index in [0.29, 0.717) is 6.04 Å². The van der Waals surface area contributed by atoms with Gasteiger partial charge < -0.3 is 14.6 Å². The zero-order valence-corrected chi connectivity index (χ0v) is 9.82. The highest BCUT2D eigenvalue weighted by atomic mass is 16.3. The molecule has 1 atom stereocenters. The van der Waals surface area contributed by atoms with E-state index < -0.39 is 0 Å². The van der Waals surface area contributed by atoms with Crippen molar-refractivity contribution < 1.29 is 9.21 Å². The lowest BCUT2D eigenvalue weighted by molar-refractivity contribution is 0.0707. The summed E-state index contributed by atoms with van der Waals surface area (Å²) >= 11 is 0. The number of nitrogens with one attached hydrogen (secondary N) is 1. The first-order chi connectivity index (χ1) is 7.72. The van der Waals surface area contributed by atoms with Crippen LogP contribution in [0.1, 0.15) is 30.0 Å². The Labute approximate surface area is 95.6 Å². The summed E-state index contributed by atoms with van der Waals surface area (Å²) in [5.41, 5.74) is 0.719. The number of furan rings is 1. The van der Waals surface area contributed by atoms with Crippen molar-refractivity contribution in [3.63, 3.8) is 0 Å². The Bertz CT molecular complexity index is 373. The summed E-state index contributed by atoms with van der Waals surface area (Å²) in [6, 6.07) is 2.14. The quantitative estimate of drug-likeness (QED) is 0.819. The van der Waals surface area contributed by atoms with Gasteiger partial charge in [-0.2, -0.15) is 0 Å². The SMILES string of the molecule is CCc1occc1C(=O)N1CCNC(C)C1. The molecule has 2 heterocycles. The standard InChI is InChI=1S/C12H18N2O2/c1-3-11-10(4-7-16-11)12(15)14-6-5-13-9(2)8-14/h4,7,9,13H,3,5-6,8H2,1-2H3. The largest absolute Gasteiger partial charge is 0.469 e. The van der Waals surface area contributed by atoms with Crippen LogP contribution in [-0.2, 0) is 6.42 Å². The van der Waals surface area contributed by atoms with Crippen LogP contribution in [0.25, 0.3) is 0 Å². The van der Waals surface area contributed by atoms with Crippen LogP contribution in [-0.4, -0.2) is 36.5 Å². The first-order valence-electron chi connectivity index (χ1n) is 5.81. The Hall–Kier alpha value is -1.29. The molecule has 4 nitrogen and oxygen atoms in total. The maximum absolute atomic E-state index is 12.2. The molecule has 0 spiro atoms. The molecule has 1 aromatic heterocycles. The Morgan fingerprint density at radius 3 is 3.19 bits per heavy atom. The fraction of sp³-hybridized carbons (Fsp3) is 0.583. The minimum absolute atomic E-state index is 0.0963. The van der Waals surface area contributed by atoms with Crippen LogP contribution in [0.4, 0.5) is 0 Å². The second-order valence-electron chi connectivity index (χ2n) is 4.22. The molecule has 16 heavy (non-hydrogen) atoms. The third-order valence-electron chi connectivity index (χ3n) is 2.95. The van der Waals surface area contributed by atoms with Gasteiger partial charge in [0.25, 0.3) is 5.91 Å². The average Bonchev–Trinajstić information content (AvgIpc) is 2.76. The van der Waals surface area contributed by atoms with Gasteiger partial charge in [0.15, 0.2) is 0 Å². The Morgan fingerprint density at radius 1 is 1.69 bits per heavy atom. The predicted octanol–water partition coefficient (Wildman–Crippen LogP) is 1.28. The molecule has 1 aliphatic heterocycles. The van der Waals surface area contributed by atoms with Crippen LogP contribution in [0.2, 0.25) is 0 Å². The third kappa shape index (κ3) is 2.11. The molecule has 88 valence electrons. The van der Waals surface area contributed by atoms with Crippen molar-refractivity contribution in [1.82, 2.24) is 10.2 Å². The smallest absolute Gasteiger partial charge is 0.257 e. The van der Waals surface area contributed by atoms with E-state index in [0.717, 1.165) is 37.4 Å². The first-order valence-corrected chi connectivity index (χ1v) is 5.81. The highest BCUT2D eigenvalue weighted by Gasteiger charge is 2.24. The minimum atomic E-state index is 0.0963. The molecule has 0 bridgehead atoms. The molecule has 1 unspecified atom stereocenters. The number of carbonyl (C=O) groups is 1. The highest BCUT2D eigenvalue weighted by molar-refractivity contribution is 5.95. The van der Waals surface area contributed by atoms with Crippen molar-refractivity contribution in [3.8, 4) is 0 Å². The van der Waals surface area contributed by atoms with Crippen molar-refractivity contribution in [2.24, 2.45) is 0 Å². The summed E-state index contributed by atoms with van der Waals surface area (Å²) < 4.78 is 5.29. The monoisotopic (exact) mass is 222 g/mol. The number of nitrogens with zero attached hydrogens (tertiary/aromatic N) is 1. The number of piperazine rings is 1. The highest BCUT2D eigenvalue weighted by Crippen LogP contribution is 2.15. The molecule has 1 aliphatic rings. The summed E-state index contributed by atoms with van der Waals surface area (Å²) in [6.45, 7) is 6.50. The van der Waals surface area contributed by atoms with E-state index in [1.54, 1.807) is 12.3 Å². The lowest BCUT2D eigenvalue weighted by Crippen LogP contribution is -2.51. The third-order valence-corrected chi connectivity index (χ3v) is 2.95. The topological polar surface area (TPSA) is 45.5 Å². The van der Waals surface area contributed by atoms with Gasteiger partial charge in [0.05, 0.1) is 11.8 Å². The van der Waals surface area contributed by atoms with Crippen molar-refractivity contribution in [2.45, 2.75) is 26.3 Å². The first kappa shape index (κ1) is 11.2. The molecule has 1 amide bonds. The zero-order valence-electron chi connectivity index (χ0n) is 9.82. The summed E-state index contributed by atoms with van der Waals surface area (Å²) in [5.74, 6) is 0.884. The van der Waals surface area contributed by atoms with E-state index in [9.17, 15) is 4.79 Å². The molecular weight excluding hydrogens is 204 g/mol. The van der Waals surface area contributed by atoms with Gasteiger partial charge in [-0.15, -0.1) is 0 Å². The zero-order chi connectivity index (χ0) is 11.5. The van der Waals surface area contributed by atoms with Crippen molar-refractivity contribution in [2.75, 3.05) is 19.6 Å². The van der Waals surface area contributed by atoms with Crippen molar-refractivity contribution in [1.29, 1.82) is 0 Å². The molecule has 4 heteroatoms. The molecule has 0 aliphatic carbocycles. The number of rotatable bonds is 2. The van der Waals surface area contributed by atoms with Crippen LogP contribution in [0.15, 0.2) is 16.7 Å². The van der Waals surface area contributed by atoms with Crippen molar-refractivity contribution >= 4 is 5.91 Å². The van der Waals surface area contributed by atoms with Crippen LogP contribution < -0.4 is 5.32 Å². The van der Waals surface area contributed by atoms with Crippen LogP contribution in [0.5, 0.6) is 0 Å². The maximum Gasteiger partial charge on any atom is 0.257 e. The normalized spacial score (nSPS) is 21.1. The Balaban J connectivity index is 2.12. The van der Waals surface area contributed by atoms with Crippen molar-refractivity contribution in [3.05, 3.63) is 23.7 Å². The lowest BCUT2D eigenvalue weighted by atomic mass is 10.1. The van der Waals surface area contributed by atoms with Gasteiger partial charge in [-0.3, -0.25) is 4.79 Å². The van der Waals surface area contributed by atoms with Gasteiger partial charge in [-0.1, -0.05) is 6.92 Å². The minimum Gasteiger partial charge on any atom is -0.469 e. The van der Waals surface area contributed by atoms with E-state index in [1.165, 1.54) is 0 Å². The average molecular weight is 222 g/mol. The molecular formula is C12H18N2O2. The van der Waals surface area contributed by atoms with E-state index in [1.807, 2.05) is 11.8 Å². The number of carbonyl (C=O) groups excluding carboxylic acids is 1. The maximum atomic E-state index is 12.2. The fourth-order valence-electron chi connectivity index (χ4n) is 2.09. The van der Waals surface area contributed by atoms with E-state index >= 15 is 0 Å². The summed E-state index contributed by atoms with van der Waals surface area (Å²) in [4.78, 5) is 14.1. The summed E-state index contributed by atoms with van der Waals surface area (Å²) in [7, 11) is 0. The number of amides is 1. The van der Waals surface area contributed by atoms with Gasteiger partial charge in [-0.05, 0) is 13.0 Å². The molecule has 1 N–H and O–H groups in total. The van der Waals surface area contributed by atoms with Crippen LogP contribution >= 0.6 is 0 Å². The second-order valence-corrected chi connectivity index (χ2v) is 4.22. The molecule has 1 saturated heterocycles. The summed E-state index contributed by atoms with van der Waals surface area (Å²) in [6.07, 6.45) is 2.35. The molecule has 1 fully saturated rings.